The van der Waals surface area contributed by atoms with Crippen molar-refractivity contribution in [2.24, 2.45) is 5.92 Å². The number of ether oxygens (including phenoxy) is 4. The van der Waals surface area contributed by atoms with Crippen LogP contribution in [0, 0.1) is 5.92 Å². The Bertz CT molecular complexity index is 427. The summed E-state index contributed by atoms with van der Waals surface area (Å²) in [5.41, 5.74) is 0.979. The molecule has 1 aromatic rings. The van der Waals surface area contributed by atoms with E-state index in [2.05, 4.69) is 0 Å². The minimum atomic E-state index is -1.38. The van der Waals surface area contributed by atoms with Gasteiger partial charge in [0.1, 0.15) is 5.92 Å². The molecule has 1 aliphatic heterocycles. The number of esters is 1. The third-order valence-corrected chi connectivity index (χ3v) is 3.41. The largest absolute Gasteiger partial charge is 0.469 e. The van der Waals surface area contributed by atoms with Crippen LogP contribution in [0.3, 0.4) is 0 Å². The van der Waals surface area contributed by atoms with Gasteiger partial charge in [-0.25, -0.2) is 0 Å². The first kappa shape index (κ1) is 14.0. The molecule has 0 spiro atoms. The lowest BCUT2D eigenvalue weighted by molar-refractivity contribution is -0.366. The topological polar surface area (TPSA) is 54.0 Å². The zero-order chi connectivity index (χ0) is 13.9. The number of carbonyl (C=O) groups is 1. The molecule has 1 aliphatic rings. The summed E-state index contributed by atoms with van der Waals surface area (Å²) in [5, 5.41) is 0. The number of benzene rings is 1. The molecule has 1 saturated heterocycles. The van der Waals surface area contributed by atoms with Crippen molar-refractivity contribution in [2.45, 2.75) is 18.5 Å². The van der Waals surface area contributed by atoms with Crippen LogP contribution in [0.1, 0.15) is 18.1 Å². The highest BCUT2D eigenvalue weighted by Gasteiger charge is 2.55. The van der Waals surface area contributed by atoms with Gasteiger partial charge in [-0.3, -0.25) is 4.79 Å². The number of carbonyl (C=O) groups excluding carboxylic acids is 1. The molecule has 1 fully saturated rings. The van der Waals surface area contributed by atoms with E-state index >= 15 is 0 Å². The molecule has 0 bridgehead atoms. The molecular weight excluding hydrogens is 248 g/mol. The van der Waals surface area contributed by atoms with E-state index in [1.807, 2.05) is 30.3 Å². The van der Waals surface area contributed by atoms with Crippen molar-refractivity contribution in [3.05, 3.63) is 35.9 Å². The van der Waals surface area contributed by atoms with Crippen molar-refractivity contribution in [3.63, 3.8) is 0 Å². The van der Waals surface area contributed by atoms with Crippen molar-refractivity contribution in [3.8, 4) is 0 Å². The standard InChI is InChI=1S/C14H18O5/c1-16-13(15)11-9-12(10-7-5-4-6-8-10)19-14(11,17-2)18-3/h4-8,11-12H,9H2,1-3H3. The predicted octanol–water partition coefficient (Wildman–Crippen LogP) is 1.88. The highest BCUT2D eigenvalue weighted by atomic mass is 16.9. The van der Waals surface area contributed by atoms with Crippen LogP contribution in [0.15, 0.2) is 30.3 Å². The number of methoxy groups -OCH3 is 3. The van der Waals surface area contributed by atoms with E-state index in [4.69, 9.17) is 18.9 Å². The van der Waals surface area contributed by atoms with Gasteiger partial charge in [0.05, 0.1) is 13.2 Å². The molecule has 5 nitrogen and oxygen atoms in total. The Morgan fingerprint density at radius 1 is 1.21 bits per heavy atom. The molecule has 2 rings (SSSR count). The normalized spacial score (nSPS) is 25.2. The average molecular weight is 266 g/mol. The summed E-state index contributed by atoms with van der Waals surface area (Å²) >= 11 is 0. The smallest absolute Gasteiger partial charge is 0.317 e. The van der Waals surface area contributed by atoms with E-state index in [1.54, 1.807) is 0 Å². The maximum atomic E-state index is 11.9. The highest BCUT2D eigenvalue weighted by molar-refractivity contribution is 5.73. The number of hydrogen-bond acceptors (Lipinski definition) is 5. The van der Waals surface area contributed by atoms with Gasteiger partial charge >= 0.3 is 5.97 Å². The second-order valence-corrected chi connectivity index (χ2v) is 4.34. The van der Waals surface area contributed by atoms with Gasteiger partial charge in [-0.05, 0) is 12.0 Å². The molecule has 0 aliphatic carbocycles. The van der Waals surface area contributed by atoms with E-state index in [9.17, 15) is 4.79 Å². The Hall–Kier alpha value is -1.43. The van der Waals surface area contributed by atoms with E-state index < -0.39 is 17.9 Å². The lowest BCUT2D eigenvalue weighted by Gasteiger charge is -2.29. The van der Waals surface area contributed by atoms with Crippen LogP contribution >= 0.6 is 0 Å². The Morgan fingerprint density at radius 3 is 2.37 bits per heavy atom. The molecule has 0 aromatic heterocycles. The van der Waals surface area contributed by atoms with E-state index in [0.717, 1.165) is 5.56 Å². The summed E-state index contributed by atoms with van der Waals surface area (Å²) in [6.07, 6.45) is 0.198. The van der Waals surface area contributed by atoms with Crippen molar-refractivity contribution >= 4 is 5.97 Å². The molecule has 104 valence electrons. The van der Waals surface area contributed by atoms with Crippen molar-refractivity contribution < 1.29 is 23.7 Å². The van der Waals surface area contributed by atoms with Crippen LogP contribution in [-0.2, 0) is 23.7 Å². The molecule has 5 heteroatoms. The van der Waals surface area contributed by atoms with Gasteiger partial charge in [0.2, 0.25) is 0 Å². The monoisotopic (exact) mass is 266 g/mol. The van der Waals surface area contributed by atoms with Crippen LogP contribution < -0.4 is 0 Å². The molecular formula is C14H18O5. The lowest BCUT2D eigenvalue weighted by Crippen LogP contribution is -2.43. The van der Waals surface area contributed by atoms with Gasteiger partial charge < -0.3 is 18.9 Å². The van der Waals surface area contributed by atoms with Gasteiger partial charge in [-0.15, -0.1) is 0 Å². The summed E-state index contributed by atoms with van der Waals surface area (Å²) in [7, 11) is 4.24. The zero-order valence-electron chi connectivity index (χ0n) is 11.3. The molecule has 1 heterocycles. The fourth-order valence-electron chi connectivity index (χ4n) is 2.41. The van der Waals surface area contributed by atoms with Crippen LogP contribution in [0.5, 0.6) is 0 Å². The van der Waals surface area contributed by atoms with Crippen molar-refractivity contribution in [2.75, 3.05) is 21.3 Å². The summed E-state index contributed by atoms with van der Waals surface area (Å²) < 4.78 is 21.2. The molecule has 0 radical (unpaired) electrons. The lowest BCUT2D eigenvalue weighted by atomic mass is 9.98. The van der Waals surface area contributed by atoms with Gasteiger partial charge in [0, 0.05) is 14.2 Å². The molecule has 19 heavy (non-hydrogen) atoms. The molecule has 2 atom stereocenters. The third-order valence-electron chi connectivity index (χ3n) is 3.41. The molecule has 0 amide bonds. The van der Waals surface area contributed by atoms with Crippen LogP contribution in [0.2, 0.25) is 0 Å². The van der Waals surface area contributed by atoms with Crippen molar-refractivity contribution in [1.29, 1.82) is 0 Å². The molecule has 2 unspecified atom stereocenters. The summed E-state index contributed by atoms with van der Waals surface area (Å²) in [6, 6.07) is 9.66. The number of rotatable bonds is 4. The summed E-state index contributed by atoms with van der Waals surface area (Å²) in [5.74, 6) is -2.40. The quantitative estimate of drug-likeness (QED) is 0.615. The minimum Gasteiger partial charge on any atom is -0.469 e. The van der Waals surface area contributed by atoms with E-state index in [-0.39, 0.29) is 6.10 Å². The van der Waals surface area contributed by atoms with Gasteiger partial charge in [0.25, 0.3) is 5.97 Å². The predicted molar refractivity (Wildman–Crippen MR) is 67.1 cm³/mol. The van der Waals surface area contributed by atoms with Gasteiger partial charge in [-0.1, -0.05) is 30.3 Å². The molecule has 0 N–H and O–H groups in total. The van der Waals surface area contributed by atoms with Crippen LogP contribution in [-0.4, -0.2) is 33.3 Å². The Kier molecular flexibility index (Phi) is 4.19. The fraction of sp³-hybridized carbons (Fsp3) is 0.500. The van der Waals surface area contributed by atoms with E-state index in [0.29, 0.717) is 6.42 Å². The van der Waals surface area contributed by atoms with Crippen LogP contribution in [0.25, 0.3) is 0 Å². The second-order valence-electron chi connectivity index (χ2n) is 4.34. The first-order valence-corrected chi connectivity index (χ1v) is 6.07. The first-order chi connectivity index (χ1) is 9.16. The Balaban J connectivity index is 2.27. The fourth-order valence-corrected chi connectivity index (χ4v) is 2.41. The Labute approximate surface area is 112 Å². The first-order valence-electron chi connectivity index (χ1n) is 6.07. The second kappa shape index (κ2) is 5.69. The van der Waals surface area contributed by atoms with Gasteiger partial charge in [0.15, 0.2) is 0 Å². The van der Waals surface area contributed by atoms with E-state index in [1.165, 1.54) is 21.3 Å². The Morgan fingerprint density at radius 2 is 1.84 bits per heavy atom. The highest BCUT2D eigenvalue weighted by Crippen LogP contribution is 2.45. The SMILES string of the molecule is COC(=O)C1CC(c2ccccc2)OC1(OC)OC. The number of hydrogen-bond donors (Lipinski definition) is 0. The zero-order valence-corrected chi connectivity index (χ0v) is 11.3. The van der Waals surface area contributed by atoms with Gasteiger partial charge in [-0.2, -0.15) is 0 Å². The maximum absolute atomic E-state index is 11.9. The molecule has 0 saturated carbocycles. The molecule has 1 aromatic carbocycles. The summed E-state index contributed by atoms with van der Waals surface area (Å²) in [4.78, 5) is 11.9. The minimum absolute atomic E-state index is 0.259. The maximum Gasteiger partial charge on any atom is 0.317 e. The van der Waals surface area contributed by atoms with Crippen molar-refractivity contribution in [1.82, 2.24) is 0 Å². The average Bonchev–Trinajstić information content (AvgIpc) is 2.87. The summed E-state index contributed by atoms with van der Waals surface area (Å²) in [6.45, 7) is 0. The van der Waals surface area contributed by atoms with Crippen LogP contribution in [0.4, 0.5) is 0 Å². The third kappa shape index (κ3) is 2.49.